The van der Waals surface area contributed by atoms with Crippen LogP contribution >= 0.6 is 0 Å². The Bertz CT molecular complexity index is 1150. The molecule has 5 rings (SSSR count). The lowest BCUT2D eigenvalue weighted by Gasteiger charge is -2.33. The molecule has 4 heterocycles. The highest BCUT2D eigenvalue weighted by molar-refractivity contribution is 5.99. The molecule has 1 amide bonds. The Morgan fingerprint density at radius 2 is 1.82 bits per heavy atom. The highest BCUT2D eigenvalue weighted by Gasteiger charge is 2.26. The zero-order valence-corrected chi connectivity index (χ0v) is 18.7. The smallest absolute Gasteiger partial charge is 0.283 e. The number of likely N-dealkylation sites (N-methyl/N-ethyl adjacent to an activating group) is 1. The summed E-state index contributed by atoms with van der Waals surface area (Å²) >= 11 is 0. The first-order valence-electron chi connectivity index (χ1n) is 10.9. The number of piperazine rings is 1. The number of pyridine rings is 1. The van der Waals surface area contributed by atoms with E-state index in [1.807, 2.05) is 43.3 Å². The first kappa shape index (κ1) is 21.0. The molecule has 170 valence electrons. The summed E-state index contributed by atoms with van der Waals surface area (Å²) in [6.07, 6.45) is 3.49. The van der Waals surface area contributed by atoms with Crippen LogP contribution in [0.1, 0.15) is 5.56 Å². The van der Waals surface area contributed by atoms with Crippen LogP contribution in [0.15, 0.2) is 48.8 Å². The van der Waals surface area contributed by atoms with Crippen molar-refractivity contribution in [2.24, 2.45) is 0 Å². The number of hydrogen-bond acceptors (Lipinski definition) is 9. The number of ether oxygens (including phenoxy) is 1. The van der Waals surface area contributed by atoms with Gasteiger partial charge in [0.25, 0.3) is 5.91 Å². The fourth-order valence-corrected chi connectivity index (χ4v) is 3.76. The number of aryl methyl sites for hydroxylation is 1. The lowest BCUT2D eigenvalue weighted by atomic mass is 10.2. The van der Waals surface area contributed by atoms with Crippen molar-refractivity contribution in [3.8, 4) is 5.75 Å². The Morgan fingerprint density at radius 1 is 1.00 bits per heavy atom. The number of para-hydroxylation sites is 2. The van der Waals surface area contributed by atoms with Gasteiger partial charge in [0.2, 0.25) is 5.95 Å². The van der Waals surface area contributed by atoms with Crippen LogP contribution in [0.25, 0.3) is 0 Å². The second-order valence-corrected chi connectivity index (χ2v) is 8.14. The predicted molar refractivity (Wildman–Crippen MR) is 127 cm³/mol. The topological polar surface area (TPSA) is 98.8 Å². The molecule has 10 nitrogen and oxygen atoms in total. The quantitative estimate of drug-likeness (QED) is 0.612. The molecule has 0 unspecified atom stereocenters. The van der Waals surface area contributed by atoms with E-state index in [4.69, 9.17) is 4.74 Å². The number of fused-ring (bicyclic) bond motifs is 1. The van der Waals surface area contributed by atoms with E-state index >= 15 is 0 Å². The average molecular weight is 447 g/mol. The number of hydrazine groups is 1. The predicted octanol–water partition coefficient (Wildman–Crippen LogP) is 2.43. The number of carbonyl (C=O) groups excluding carboxylic acids is 1. The number of amides is 1. The van der Waals surface area contributed by atoms with E-state index in [0.717, 1.165) is 43.2 Å². The van der Waals surface area contributed by atoms with E-state index < -0.39 is 0 Å². The summed E-state index contributed by atoms with van der Waals surface area (Å²) < 4.78 is 5.51. The van der Waals surface area contributed by atoms with Gasteiger partial charge in [-0.3, -0.25) is 10.2 Å². The average Bonchev–Trinajstić information content (AvgIpc) is 2.84. The summed E-state index contributed by atoms with van der Waals surface area (Å²) in [5, 5.41) is 4.66. The van der Waals surface area contributed by atoms with Crippen molar-refractivity contribution in [1.29, 1.82) is 0 Å². The minimum absolute atomic E-state index is 0.0371. The van der Waals surface area contributed by atoms with Crippen molar-refractivity contribution < 1.29 is 9.53 Å². The van der Waals surface area contributed by atoms with Gasteiger partial charge in [-0.1, -0.05) is 12.1 Å². The number of aromatic nitrogens is 3. The highest BCUT2D eigenvalue weighted by Crippen LogP contribution is 2.32. The van der Waals surface area contributed by atoms with Gasteiger partial charge in [0.05, 0.1) is 11.9 Å². The number of rotatable bonds is 5. The van der Waals surface area contributed by atoms with Crippen LogP contribution in [-0.4, -0.2) is 65.6 Å². The molecule has 1 fully saturated rings. The molecular formula is C23H26N8O2. The first-order chi connectivity index (χ1) is 16.1. The SMILES string of the molecule is Cc1cnc(Nc2ccc(N3CCN(C)CC3)nc2)nc1NN1C(=O)COc2ccccc21. The summed E-state index contributed by atoms with van der Waals surface area (Å²) in [7, 11) is 2.14. The minimum Gasteiger partial charge on any atom is -0.481 e. The van der Waals surface area contributed by atoms with Gasteiger partial charge >= 0.3 is 0 Å². The molecule has 0 bridgehead atoms. The molecule has 2 N–H and O–H groups in total. The van der Waals surface area contributed by atoms with Crippen LogP contribution < -0.4 is 25.4 Å². The lowest BCUT2D eigenvalue weighted by Crippen LogP contribution is -2.44. The van der Waals surface area contributed by atoms with Gasteiger partial charge in [0.1, 0.15) is 17.3 Å². The van der Waals surface area contributed by atoms with E-state index in [1.165, 1.54) is 5.01 Å². The van der Waals surface area contributed by atoms with Crippen molar-refractivity contribution in [2.75, 3.05) is 60.5 Å². The molecule has 3 aromatic rings. The van der Waals surface area contributed by atoms with Crippen LogP contribution in [-0.2, 0) is 4.79 Å². The lowest BCUT2D eigenvalue weighted by molar-refractivity contribution is -0.121. The van der Waals surface area contributed by atoms with Crippen molar-refractivity contribution in [2.45, 2.75) is 6.92 Å². The maximum atomic E-state index is 12.5. The molecule has 1 saturated heterocycles. The van der Waals surface area contributed by atoms with Crippen molar-refractivity contribution in [1.82, 2.24) is 19.9 Å². The monoisotopic (exact) mass is 446 g/mol. The van der Waals surface area contributed by atoms with Crippen molar-refractivity contribution >= 4 is 34.9 Å². The van der Waals surface area contributed by atoms with Crippen molar-refractivity contribution in [3.63, 3.8) is 0 Å². The van der Waals surface area contributed by atoms with Crippen molar-refractivity contribution in [3.05, 3.63) is 54.4 Å². The third-order valence-electron chi connectivity index (χ3n) is 5.73. The minimum atomic E-state index is -0.204. The van der Waals surface area contributed by atoms with Crippen LogP contribution in [0.2, 0.25) is 0 Å². The molecule has 2 aliphatic heterocycles. The van der Waals surface area contributed by atoms with Crippen LogP contribution in [0, 0.1) is 6.92 Å². The maximum absolute atomic E-state index is 12.5. The molecule has 0 saturated carbocycles. The molecule has 0 spiro atoms. The maximum Gasteiger partial charge on any atom is 0.283 e. The molecule has 2 aliphatic rings. The molecule has 10 heteroatoms. The second kappa shape index (κ2) is 8.91. The van der Waals surface area contributed by atoms with Gasteiger partial charge in [-0.2, -0.15) is 4.98 Å². The molecular weight excluding hydrogens is 420 g/mol. The molecule has 1 aromatic carbocycles. The van der Waals surface area contributed by atoms with E-state index in [2.05, 4.69) is 42.5 Å². The molecule has 0 atom stereocenters. The fraction of sp³-hybridized carbons (Fsp3) is 0.304. The molecule has 33 heavy (non-hydrogen) atoms. The summed E-state index contributed by atoms with van der Waals surface area (Å²) in [6, 6.07) is 11.3. The third kappa shape index (κ3) is 4.51. The van der Waals surface area contributed by atoms with Crippen LogP contribution in [0.3, 0.4) is 0 Å². The van der Waals surface area contributed by atoms with Gasteiger partial charge in [0, 0.05) is 37.9 Å². The number of nitrogens with zero attached hydrogens (tertiary/aromatic N) is 6. The van der Waals surface area contributed by atoms with E-state index in [1.54, 1.807) is 12.4 Å². The number of benzene rings is 1. The summed E-state index contributed by atoms with van der Waals surface area (Å²) in [5.74, 6) is 2.34. The first-order valence-corrected chi connectivity index (χ1v) is 10.9. The number of hydrogen-bond donors (Lipinski definition) is 2. The molecule has 2 aromatic heterocycles. The van der Waals surface area contributed by atoms with E-state index in [-0.39, 0.29) is 12.5 Å². The fourth-order valence-electron chi connectivity index (χ4n) is 3.76. The zero-order valence-electron chi connectivity index (χ0n) is 18.7. The van der Waals surface area contributed by atoms with Crippen LogP contribution in [0.5, 0.6) is 5.75 Å². The molecule has 0 aliphatic carbocycles. The van der Waals surface area contributed by atoms with Gasteiger partial charge in [-0.15, -0.1) is 0 Å². The Hall–Kier alpha value is -3.92. The summed E-state index contributed by atoms with van der Waals surface area (Å²) in [4.78, 5) is 30.6. The Morgan fingerprint density at radius 3 is 2.61 bits per heavy atom. The molecule has 0 radical (unpaired) electrons. The normalized spacial score (nSPS) is 16.2. The summed E-state index contributed by atoms with van der Waals surface area (Å²) in [5.41, 5.74) is 5.36. The second-order valence-electron chi connectivity index (χ2n) is 8.14. The standard InChI is InChI=1S/C23H26N8O2/c1-16-13-25-23(26-17-7-8-20(24-14-17)30-11-9-29(2)10-12-30)27-22(16)28-31-18-5-3-4-6-19(18)33-15-21(31)32/h3-8,13-14H,9-12,15H2,1-2H3,(H2,25,26,27,28). The number of anilines is 5. The van der Waals surface area contributed by atoms with Gasteiger partial charge in [0.15, 0.2) is 12.4 Å². The van der Waals surface area contributed by atoms with Gasteiger partial charge < -0.3 is 19.9 Å². The third-order valence-corrected chi connectivity index (χ3v) is 5.73. The van der Waals surface area contributed by atoms with E-state index in [9.17, 15) is 4.79 Å². The Labute approximate surface area is 192 Å². The largest absolute Gasteiger partial charge is 0.481 e. The zero-order chi connectivity index (χ0) is 22.8. The van der Waals surface area contributed by atoms with Crippen LogP contribution in [0.4, 0.5) is 29.0 Å². The van der Waals surface area contributed by atoms with Gasteiger partial charge in [-0.05, 0) is 38.2 Å². The summed E-state index contributed by atoms with van der Waals surface area (Å²) in [6.45, 7) is 5.85. The Balaban J connectivity index is 1.31. The van der Waals surface area contributed by atoms with Gasteiger partial charge in [-0.25, -0.2) is 15.0 Å². The number of carbonyl (C=O) groups is 1. The van der Waals surface area contributed by atoms with E-state index in [0.29, 0.717) is 23.2 Å². The highest BCUT2D eigenvalue weighted by atomic mass is 16.5. The number of nitrogens with one attached hydrogen (secondary N) is 2. The Kier molecular flexibility index (Phi) is 5.66.